The predicted molar refractivity (Wildman–Crippen MR) is 109 cm³/mol. The second-order valence-electron chi connectivity index (χ2n) is 5.62. The number of aromatic amines is 1. The summed E-state index contributed by atoms with van der Waals surface area (Å²) in [6.45, 7) is 2.50. The molecule has 28 heavy (non-hydrogen) atoms. The van der Waals surface area contributed by atoms with Crippen LogP contribution in [-0.2, 0) is 0 Å². The summed E-state index contributed by atoms with van der Waals surface area (Å²) in [6.07, 6.45) is 3.19. The highest BCUT2D eigenvalue weighted by Crippen LogP contribution is 2.21. The highest BCUT2D eigenvalue weighted by atomic mass is 79.9. The maximum absolute atomic E-state index is 12.5. The summed E-state index contributed by atoms with van der Waals surface area (Å²) in [5, 5.41) is 3.09. The van der Waals surface area contributed by atoms with Crippen molar-refractivity contribution in [2.75, 3.05) is 11.9 Å². The number of nitrogens with zero attached hydrogens (tertiary/aromatic N) is 1. The summed E-state index contributed by atoms with van der Waals surface area (Å²) in [6, 6.07) is 12.1. The number of carbonyl (C=O) groups is 2. The molecule has 4 N–H and O–H groups in total. The second kappa shape index (κ2) is 9.05. The largest absolute Gasteiger partial charge is 0.494 e. The topological polar surface area (TPSA) is 108 Å². The number of amides is 2. The normalized spacial score (nSPS) is 10.2. The van der Waals surface area contributed by atoms with Gasteiger partial charge in [0.05, 0.1) is 12.2 Å². The van der Waals surface area contributed by atoms with Gasteiger partial charge in [0.2, 0.25) is 0 Å². The Morgan fingerprint density at radius 2 is 1.89 bits per heavy atom. The summed E-state index contributed by atoms with van der Waals surface area (Å²) in [7, 11) is 0. The molecule has 144 valence electrons. The van der Waals surface area contributed by atoms with Gasteiger partial charge in [0.1, 0.15) is 17.3 Å². The Labute approximate surface area is 169 Å². The Bertz CT molecular complexity index is 972. The molecular formula is C19H18BrN5O3. The van der Waals surface area contributed by atoms with Gasteiger partial charge in [-0.3, -0.25) is 20.4 Å². The monoisotopic (exact) mass is 443 g/mol. The van der Waals surface area contributed by atoms with Gasteiger partial charge in [-0.25, -0.2) is 4.98 Å². The van der Waals surface area contributed by atoms with E-state index in [1.807, 2.05) is 31.2 Å². The first kappa shape index (κ1) is 19.4. The average molecular weight is 444 g/mol. The zero-order valence-corrected chi connectivity index (χ0v) is 16.5. The smallest absolute Gasteiger partial charge is 0.286 e. The minimum Gasteiger partial charge on any atom is -0.494 e. The SMILES string of the molecule is CCOc1ccc(Nc2ncccc2C(=O)NNC(=O)c2cc(Br)c[nH]2)cc1. The molecule has 0 fully saturated rings. The van der Waals surface area contributed by atoms with E-state index in [2.05, 4.69) is 42.1 Å². The number of benzene rings is 1. The van der Waals surface area contributed by atoms with Crippen molar-refractivity contribution in [2.24, 2.45) is 0 Å². The third-order valence-electron chi connectivity index (χ3n) is 3.66. The molecule has 0 radical (unpaired) electrons. The van der Waals surface area contributed by atoms with Crippen LogP contribution in [0, 0.1) is 0 Å². The van der Waals surface area contributed by atoms with Crippen molar-refractivity contribution in [3.63, 3.8) is 0 Å². The minimum absolute atomic E-state index is 0.282. The second-order valence-corrected chi connectivity index (χ2v) is 6.54. The van der Waals surface area contributed by atoms with Crippen LogP contribution >= 0.6 is 15.9 Å². The molecular weight excluding hydrogens is 426 g/mol. The third kappa shape index (κ3) is 4.89. The van der Waals surface area contributed by atoms with Crippen LogP contribution in [0.3, 0.4) is 0 Å². The van der Waals surface area contributed by atoms with E-state index in [0.29, 0.717) is 18.1 Å². The first-order chi connectivity index (χ1) is 13.6. The van der Waals surface area contributed by atoms with Crippen molar-refractivity contribution in [3.8, 4) is 5.75 Å². The highest BCUT2D eigenvalue weighted by molar-refractivity contribution is 9.10. The minimum atomic E-state index is -0.500. The van der Waals surface area contributed by atoms with E-state index in [0.717, 1.165) is 15.9 Å². The lowest BCUT2D eigenvalue weighted by Crippen LogP contribution is -2.42. The maximum atomic E-state index is 12.5. The lowest BCUT2D eigenvalue weighted by atomic mass is 10.2. The molecule has 0 aliphatic heterocycles. The predicted octanol–water partition coefficient (Wildman–Crippen LogP) is 3.39. The molecule has 2 aromatic heterocycles. The van der Waals surface area contributed by atoms with Crippen molar-refractivity contribution in [3.05, 3.63) is 70.6 Å². The van der Waals surface area contributed by atoms with Gasteiger partial charge in [-0.15, -0.1) is 0 Å². The molecule has 9 heteroatoms. The van der Waals surface area contributed by atoms with Crippen LogP contribution < -0.4 is 20.9 Å². The molecule has 2 heterocycles. The number of hydrazine groups is 1. The first-order valence-electron chi connectivity index (χ1n) is 8.46. The van der Waals surface area contributed by atoms with Crippen molar-refractivity contribution in [2.45, 2.75) is 6.92 Å². The number of rotatable bonds is 6. The van der Waals surface area contributed by atoms with Gasteiger partial charge >= 0.3 is 0 Å². The summed E-state index contributed by atoms with van der Waals surface area (Å²) >= 11 is 3.25. The highest BCUT2D eigenvalue weighted by Gasteiger charge is 2.14. The van der Waals surface area contributed by atoms with Crippen molar-refractivity contribution in [1.82, 2.24) is 20.8 Å². The average Bonchev–Trinajstić information content (AvgIpc) is 3.14. The fraction of sp³-hybridized carbons (Fsp3) is 0.105. The van der Waals surface area contributed by atoms with E-state index in [1.165, 1.54) is 0 Å². The van der Waals surface area contributed by atoms with Crippen LogP contribution in [-0.4, -0.2) is 28.4 Å². The van der Waals surface area contributed by atoms with E-state index in [1.54, 1.807) is 30.6 Å². The number of nitrogens with one attached hydrogen (secondary N) is 4. The number of halogens is 1. The lowest BCUT2D eigenvalue weighted by Gasteiger charge is -2.12. The van der Waals surface area contributed by atoms with Crippen LogP contribution in [0.15, 0.2) is 59.3 Å². The molecule has 0 atom stereocenters. The molecule has 3 rings (SSSR count). The molecule has 0 bridgehead atoms. The van der Waals surface area contributed by atoms with E-state index >= 15 is 0 Å². The van der Waals surface area contributed by atoms with Crippen LogP contribution in [0.5, 0.6) is 5.75 Å². The number of hydrogen-bond acceptors (Lipinski definition) is 5. The Morgan fingerprint density at radius 3 is 2.57 bits per heavy atom. The number of anilines is 2. The number of pyridine rings is 1. The molecule has 0 unspecified atom stereocenters. The first-order valence-corrected chi connectivity index (χ1v) is 9.25. The van der Waals surface area contributed by atoms with Gasteiger partial charge in [-0.2, -0.15) is 0 Å². The number of carbonyl (C=O) groups excluding carboxylic acids is 2. The standard InChI is InChI=1S/C19H18BrN5O3/c1-2-28-14-7-5-13(6-8-14)23-17-15(4-3-9-21-17)18(26)24-25-19(27)16-10-12(20)11-22-16/h3-11,22H,2H2,1H3,(H,21,23)(H,24,26)(H,25,27). The lowest BCUT2D eigenvalue weighted by molar-refractivity contribution is 0.0844. The van der Waals surface area contributed by atoms with E-state index in [4.69, 9.17) is 4.74 Å². The van der Waals surface area contributed by atoms with Crippen molar-refractivity contribution >= 4 is 39.2 Å². The maximum Gasteiger partial charge on any atom is 0.286 e. The summed E-state index contributed by atoms with van der Waals surface area (Å²) < 4.78 is 6.15. The number of ether oxygens (including phenoxy) is 1. The Hall–Kier alpha value is -3.33. The number of hydrogen-bond donors (Lipinski definition) is 4. The molecule has 0 aliphatic carbocycles. The summed E-state index contributed by atoms with van der Waals surface area (Å²) in [5.41, 5.74) is 6.08. The van der Waals surface area contributed by atoms with Gasteiger partial charge in [0, 0.05) is 22.6 Å². The molecule has 0 saturated carbocycles. The van der Waals surface area contributed by atoms with E-state index in [-0.39, 0.29) is 5.56 Å². The molecule has 0 saturated heterocycles. The van der Waals surface area contributed by atoms with Gasteiger partial charge in [-0.05, 0) is 65.3 Å². The number of aromatic nitrogens is 2. The van der Waals surface area contributed by atoms with Crippen LogP contribution in [0.2, 0.25) is 0 Å². The molecule has 8 nitrogen and oxygen atoms in total. The third-order valence-corrected chi connectivity index (χ3v) is 4.12. The zero-order chi connectivity index (χ0) is 19.9. The fourth-order valence-corrected chi connectivity index (χ4v) is 2.72. The molecule has 3 aromatic rings. The van der Waals surface area contributed by atoms with Gasteiger partial charge < -0.3 is 15.0 Å². The summed E-state index contributed by atoms with van der Waals surface area (Å²) in [4.78, 5) is 31.5. The van der Waals surface area contributed by atoms with Crippen molar-refractivity contribution in [1.29, 1.82) is 0 Å². The molecule has 0 spiro atoms. The molecule has 1 aromatic carbocycles. The van der Waals surface area contributed by atoms with Crippen LogP contribution in [0.1, 0.15) is 27.8 Å². The molecule has 0 aliphatic rings. The van der Waals surface area contributed by atoms with E-state index < -0.39 is 11.8 Å². The van der Waals surface area contributed by atoms with Crippen molar-refractivity contribution < 1.29 is 14.3 Å². The van der Waals surface area contributed by atoms with Gasteiger partial charge in [-0.1, -0.05) is 0 Å². The van der Waals surface area contributed by atoms with Crippen LogP contribution in [0.25, 0.3) is 0 Å². The quantitative estimate of drug-likeness (QED) is 0.436. The van der Waals surface area contributed by atoms with Crippen LogP contribution in [0.4, 0.5) is 11.5 Å². The zero-order valence-electron chi connectivity index (χ0n) is 15.0. The van der Waals surface area contributed by atoms with Gasteiger partial charge in [0.15, 0.2) is 0 Å². The van der Waals surface area contributed by atoms with E-state index in [9.17, 15) is 9.59 Å². The fourth-order valence-electron chi connectivity index (χ4n) is 2.37. The summed E-state index contributed by atoms with van der Waals surface area (Å²) in [5.74, 6) is 0.149. The Balaban J connectivity index is 1.67. The number of H-pyrrole nitrogens is 1. The van der Waals surface area contributed by atoms with Gasteiger partial charge in [0.25, 0.3) is 11.8 Å². The Kier molecular flexibility index (Phi) is 6.28. The molecule has 2 amide bonds. The Morgan fingerprint density at radius 1 is 1.14 bits per heavy atom.